The highest BCUT2D eigenvalue weighted by atomic mass is 16.5. The fourth-order valence-corrected chi connectivity index (χ4v) is 2.50. The average molecular weight is 320 g/mol. The molecule has 0 radical (unpaired) electrons. The quantitative estimate of drug-likeness (QED) is 0.761. The third-order valence-corrected chi connectivity index (χ3v) is 3.71. The zero-order valence-corrected chi connectivity index (χ0v) is 14.6. The van der Waals surface area contributed by atoms with E-state index in [2.05, 4.69) is 5.32 Å². The molecule has 5 nitrogen and oxygen atoms in total. The molecule has 0 spiro atoms. The number of hydrogen-bond donors (Lipinski definition) is 1. The standard InChI is InChI=1S/C18H28N2O3/c1-5-8-17(21)20(16(6-2)18(22)19-7-3)13-14-9-11-15(23-4)12-10-14/h9-12,16H,5-8,13H2,1-4H3,(H,19,22)/t16-/m1/s1. The number of methoxy groups -OCH3 is 1. The van der Waals surface area contributed by atoms with Crippen LogP contribution in [-0.2, 0) is 16.1 Å². The fraction of sp³-hybridized carbons (Fsp3) is 0.556. The van der Waals surface area contributed by atoms with Gasteiger partial charge in [-0.05, 0) is 37.5 Å². The van der Waals surface area contributed by atoms with Gasteiger partial charge in [0.1, 0.15) is 11.8 Å². The van der Waals surface area contributed by atoms with E-state index in [1.54, 1.807) is 12.0 Å². The SMILES string of the molecule is CCCC(=O)N(Cc1ccc(OC)cc1)[C@H](CC)C(=O)NCC. The van der Waals surface area contributed by atoms with Gasteiger partial charge in [0.25, 0.3) is 0 Å². The molecule has 0 unspecified atom stereocenters. The maximum atomic E-state index is 12.5. The first-order valence-electron chi connectivity index (χ1n) is 8.27. The summed E-state index contributed by atoms with van der Waals surface area (Å²) in [7, 11) is 1.62. The lowest BCUT2D eigenvalue weighted by Crippen LogP contribution is -2.48. The number of nitrogens with zero attached hydrogens (tertiary/aromatic N) is 1. The number of carbonyl (C=O) groups is 2. The van der Waals surface area contributed by atoms with Crippen molar-refractivity contribution < 1.29 is 14.3 Å². The van der Waals surface area contributed by atoms with Gasteiger partial charge < -0.3 is 15.0 Å². The van der Waals surface area contributed by atoms with Gasteiger partial charge in [-0.1, -0.05) is 26.0 Å². The van der Waals surface area contributed by atoms with Gasteiger partial charge in [-0.3, -0.25) is 9.59 Å². The molecule has 0 aliphatic rings. The number of hydrogen-bond acceptors (Lipinski definition) is 3. The summed E-state index contributed by atoms with van der Waals surface area (Å²) < 4.78 is 5.15. The molecule has 2 amide bonds. The second kappa shape index (κ2) is 9.87. The van der Waals surface area contributed by atoms with Crippen LogP contribution >= 0.6 is 0 Å². The normalized spacial score (nSPS) is 11.7. The van der Waals surface area contributed by atoms with Crippen molar-refractivity contribution in [1.29, 1.82) is 0 Å². The Morgan fingerprint density at radius 1 is 1.17 bits per heavy atom. The van der Waals surface area contributed by atoms with E-state index >= 15 is 0 Å². The molecule has 0 aromatic heterocycles. The smallest absolute Gasteiger partial charge is 0.242 e. The van der Waals surface area contributed by atoms with Crippen molar-refractivity contribution >= 4 is 11.8 Å². The highest BCUT2D eigenvalue weighted by Gasteiger charge is 2.27. The number of likely N-dealkylation sites (N-methyl/N-ethyl adjacent to an activating group) is 1. The number of nitrogens with one attached hydrogen (secondary N) is 1. The Hall–Kier alpha value is -2.04. The van der Waals surface area contributed by atoms with Crippen LogP contribution in [0.1, 0.15) is 45.6 Å². The highest BCUT2D eigenvalue weighted by molar-refractivity contribution is 5.87. The van der Waals surface area contributed by atoms with Gasteiger partial charge in [0.05, 0.1) is 7.11 Å². The average Bonchev–Trinajstić information content (AvgIpc) is 2.55. The van der Waals surface area contributed by atoms with Crippen LogP contribution in [0, 0.1) is 0 Å². The Bertz CT molecular complexity index is 499. The predicted molar refractivity (Wildman–Crippen MR) is 91.2 cm³/mol. The Kier molecular flexibility index (Phi) is 8.16. The van der Waals surface area contributed by atoms with E-state index in [1.807, 2.05) is 45.0 Å². The Morgan fingerprint density at radius 3 is 2.30 bits per heavy atom. The monoisotopic (exact) mass is 320 g/mol. The van der Waals surface area contributed by atoms with Crippen LogP contribution in [0.15, 0.2) is 24.3 Å². The zero-order valence-electron chi connectivity index (χ0n) is 14.6. The summed E-state index contributed by atoms with van der Waals surface area (Å²) in [4.78, 5) is 26.5. The molecule has 1 rings (SSSR count). The summed E-state index contributed by atoms with van der Waals surface area (Å²) in [6.07, 6.45) is 1.81. The van der Waals surface area contributed by atoms with Gasteiger partial charge in [-0.2, -0.15) is 0 Å². The first kappa shape index (κ1) is 19.0. The molecule has 0 saturated carbocycles. The van der Waals surface area contributed by atoms with Crippen LogP contribution in [0.3, 0.4) is 0 Å². The van der Waals surface area contributed by atoms with Gasteiger partial charge >= 0.3 is 0 Å². The molecule has 0 fully saturated rings. The fourth-order valence-electron chi connectivity index (χ4n) is 2.50. The summed E-state index contributed by atoms with van der Waals surface area (Å²) in [5.74, 6) is 0.699. The molecule has 0 aliphatic heterocycles. The third-order valence-electron chi connectivity index (χ3n) is 3.71. The van der Waals surface area contributed by atoms with Crippen molar-refractivity contribution in [3.8, 4) is 5.75 Å². The summed E-state index contributed by atoms with van der Waals surface area (Å²) >= 11 is 0. The Labute approximate surface area is 139 Å². The van der Waals surface area contributed by atoms with E-state index in [0.717, 1.165) is 17.7 Å². The minimum absolute atomic E-state index is 0.0152. The third kappa shape index (κ3) is 5.58. The lowest BCUT2D eigenvalue weighted by molar-refractivity contribution is -0.141. The summed E-state index contributed by atoms with van der Waals surface area (Å²) in [6.45, 7) is 6.77. The maximum Gasteiger partial charge on any atom is 0.242 e. The van der Waals surface area contributed by atoms with E-state index in [1.165, 1.54) is 0 Å². The van der Waals surface area contributed by atoms with Gasteiger partial charge in [0.2, 0.25) is 11.8 Å². The van der Waals surface area contributed by atoms with Crippen LogP contribution in [0.4, 0.5) is 0 Å². The maximum absolute atomic E-state index is 12.5. The second-order valence-electron chi connectivity index (χ2n) is 5.44. The van der Waals surface area contributed by atoms with Crippen molar-refractivity contribution in [3.63, 3.8) is 0 Å². The zero-order chi connectivity index (χ0) is 17.2. The lowest BCUT2D eigenvalue weighted by atomic mass is 10.1. The Balaban J connectivity index is 2.97. The molecule has 0 aliphatic carbocycles. The molecule has 1 aromatic rings. The second-order valence-corrected chi connectivity index (χ2v) is 5.44. The van der Waals surface area contributed by atoms with Crippen LogP contribution in [0.2, 0.25) is 0 Å². The molecule has 0 bridgehead atoms. The molecule has 128 valence electrons. The van der Waals surface area contributed by atoms with Crippen LogP contribution in [0.5, 0.6) is 5.75 Å². The molecule has 5 heteroatoms. The number of rotatable bonds is 9. The minimum Gasteiger partial charge on any atom is -0.497 e. The molecule has 1 atom stereocenters. The van der Waals surface area contributed by atoms with E-state index < -0.39 is 6.04 Å². The Morgan fingerprint density at radius 2 is 1.83 bits per heavy atom. The van der Waals surface area contributed by atoms with Gasteiger partial charge in [-0.15, -0.1) is 0 Å². The molecule has 0 heterocycles. The predicted octanol–water partition coefficient (Wildman–Crippen LogP) is 2.74. The highest BCUT2D eigenvalue weighted by Crippen LogP contribution is 2.17. The van der Waals surface area contributed by atoms with E-state index in [0.29, 0.717) is 25.9 Å². The number of amides is 2. The molecule has 23 heavy (non-hydrogen) atoms. The molecule has 1 aromatic carbocycles. The molecular weight excluding hydrogens is 292 g/mol. The summed E-state index contributed by atoms with van der Waals surface area (Å²) in [5, 5.41) is 2.83. The van der Waals surface area contributed by atoms with Crippen LogP contribution < -0.4 is 10.1 Å². The lowest BCUT2D eigenvalue weighted by Gasteiger charge is -2.30. The summed E-state index contributed by atoms with van der Waals surface area (Å²) in [5.41, 5.74) is 0.984. The number of carbonyl (C=O) groups excluding carboxylic acids is 2. The van der Waals surface area contributed by atoms with Crippen molar-refractivity contribution in [1.82, 2.24) is 10.2 Å². The summed E-state index contributed by atoms with van der Waals surface area (Å²) in [6, 6.07) is 7.15. The largest absolute Gasteiger partial charge is 0.497 e. The van der Waals surface area contributed by atoms with E-state index in [-0.39, 0.29) is 11.8 Å². The van der Waals surface area contributed by atoms with Crippen molar-refractivity contribution in [3.05, 3.63) is 29.8 Å². The number of benzene rings is 1. The van der Waals surface area contributed by atoms with Crippen LogP contribution in [0.25, 0.3) is 0 Å². The van der Waals surface area contributed by atoms with Gasteiger partial charge in [0, 0.05) is 19.5 Å². The topological polar surface area (TPSA) is 58.6 Å². The molecule has 1 N–H and O–H groups in total. The molecule has 0 saturated heterocycles. The minimum atomic E-state index is -0.434. The first-order valence-corrected chi connectivity index (χ1v) is 8.27. The molecular formula is C18H28N2O3. The van der Waals surface area contributed by atoms with Crippen molar-refractivity contribution in [2.24, 2.45) is 0 Å². The van der Waals surface area contributed by atoms with E-state index in [4.69, 9.17) is 4.74 Å². The van der Waals surface area contributed by atoms with Gasteiger partial charge in [0.15, 0.2) is 0 Å². The van der Waals surface area contributed by atoms with E-state index in [9.17, 15) is 9.59 Å². The first-order chi connectivity index (χ1) is 11.1. The number of ether oxygens (including phenoxy) is 1. The van der Waals surface area contributed by atoms with Gasteiger partial charge in [-0.25, -0.2) is 0 Å². The van der Waals surface area contributed by atoms with Crippen molar-refractivity contribution in [2.75, 3.05) is 13.7 Å². The van der Waals surface area contributed by atoms with Crippen molar-refractivity contribution in [2.45, 2.75) is 52.6 Å². The van der Waals surface area contributed by atoms with Crippen LogP contribution in [-0.4, -0.2) is 36.4 Å².